The van der Waals surface area contributed by atoms with E-state index in [2.05, 4.69) is 9.97 Å². The van der Waals surface area contributed by atoms with Crippen molar-refractivity contribution < 1.29 is 27.5 Å². The van der Waals surface area contributed by atoms with Crippen LogP contribution >= 0.6 is 0 Å². The quantitative estimate of drug-likeness (QED) is 0.339. The molecule has 5 rings (SSSR count). The molecule has 3 heterocycles. The van der Waals surface area contributed by atoms with Crippen molar-refractivity contribution in [1.82, 2.24) is 9.97 Å². The first-order valence-electron chi connectivity index (χ1n) is 11.9. The fraction of sp³-hybridized carbons (Fsp3) is 0.250. The highest BCUT2D eigenvalue weighted by Gasteiger charge is 2.41. The number of benzene rings is 2. The van der Waals surface area contributed by atoms with E-state index >= 15 is 0 Å². The maximum atomic E-state index is 13.6. The van der Waals surface area contributed by atoms with Crippen molar-refractivity contribution in [2.75, 3.05) is 18.0 Å². The first-order chi connectivity index (χ1) is 17.7. The van der Waals surface area contributed by atoms with Gasteiger partial charge >= 0.3 is 6.18 Å². The van der Waals surface area contributed by atoms with Crippen LogP contribution in [0.15, 0.2) is 83.4 Å². The van der Waals surface area contributed by atoms with E-state index in [4.69, 9.17) is 4.42 Å². The lowest BCUT2D eigenvalue weighted by atomic mass is 9.84. The van der Waals surface area contributed by atoms with E-state index in [1.54, 1.807) is 42.5 Å². The van der Waals surface area contributed by atoms with Gasteiger partial charge in [-0.3, -0.25) is 4.79 Å². The predicted molar refractivity (Wildman–Crippen MR) is 131 cm³/mol. The molecule has 0 spiro atoms. The van der Waals surface area contributed by atoms with Crippen molar-refractivity contribution in [3.8, 4) is 11.5 Å². The second-order valence-corrected chi connectivity index (χ2v) is 9.07. The Labute approximate surface area is 211 Å². The number of oxazole rings is 1. The molecule has 0 radical (unpaired) electrons. The molecular weight excluding hydrogens is 483 g/mol. The molecule has 6 nitrogen and oxygen atoms in total. The monoisotopic (exact) mass is 507 g/mol. The van der Waals surface area contributed by atoms with Gasteiger partial charge in [-0.05, 0) is 42.2 Å². The summed E-state index contributed by atoms with van der Waals surface area (Å²) >= 11 is 0. The lowest BCUT2D eigenvalue weighted by Gasteiger charge is -2.39. The number of pyridine rings is 1. The van der Waals surface area contributed by atoms with Gasteiger partial charge in [-0.1, -0.05) is 54.6 Å². The Balaban J connectivity index is 1.28. The van der Waals surface area contributed by atoms with E-state index in [1.807, 2.05) is 35.2 Å². The highest BCUT2D eigenvalue weighted by molar-refractivity contribution is 5.97. The Bertz CT molecular complexity index is 1360. The van der Waals surface area contributed by atoms with Gasteiger partial charge in [-0.15, -0.1) is 0 Å². The maximum Gasteiger partial charge on any atom is 0.452 e. The largest absolute Gasteiger partial charge is 0.452 e. The minimum atomic E-state index is -4.86. The van der Waals surface area contributed by atoms with Crippen molar-refractivity contribution >= 4 is 11.6 Å². The van der Waals surface area contributed by atoms with Crippen LogP contribution in [0.25, 0.3) is 11.5 Å². The first-order valence-corrected chi connectivity index (χ1v) is 11.9. The van der Waals surface area contributed by atoms with Crippen LogP contribution in [0.3, 0.4) is 0 Å². The number of ketones is 1. The zero-order valence-electron chi connectivity index (χ0n) is 19.8. The molecule has 190 valence electrons. The summed E-state index contributed by atoms with van der Waals surface area (Å²) in [7, 11) is 0. The lowest BCUT2D eigenvalue weighted by molar-refractivity contribution is -0.153. The van der Waals surface area contributed by atoms with Crippen LogP contribution in [0.1, 0.15) is 40.2 Å². The Hall–Kier alpha value is -3.98. The number of hydrogen-bond donors (Lipinski definition) is 1. The van der Waals surface area contributed by atoms with Gasteiger partial charge in [0.2, 0.25) is 11.7 Å². The second-order valence-electron chi connectivity index (χ2n) is 9.07. The normalized spacial score (nSPS) is 15.5. The average Bonchev–Trinajstić information content (AvgIpc) is 3.38. The van der Waals surface area contributed by atoms with Crippen molar-refractivity contribution in [1.29, 1.82) is 0 Å². The van der Waals surface area contributed by atoms with Crippen LogP contribution in [0.2, 0.25) is 0 Å². The van der Waals surface area contributed by atoms with E-state index in [0.717, 1.165) is 5.56 Å². The van der Waals surface area contributed by atoms with E-state index < -0.39 is 29.0 Å². The van der Waals surface area contributed by atoms with Gasteiger partial charge in [0.15, 0.2) is 11.5 Å². The molecule has 2 aromatic carbocycles. The third-order valence-electron chi connectivity index (χ3n) is 6.57. The van der Waals surface area contributed by atoms with Crippen LogP contribution in [0, 0.1) is 0 Å². The molecule has 37 heavy (non-hydrogen) atoms. The van der Waals surface area contributed by atoms with Crippen molar-refractivity contribution in [2.45, 2.75) is 31.0 Å². The van der Waals surface area contributed by atoms with Gasteiger partial charge < -0.3 is 14.4 Å². The predicted octanol–water partition coefficient (Wildman–Crippen LogP) is 5.67. The molecule has 4 aromatic rings. The summed E-state index contributed by atoms with van der Waals surface area (Å²) in [6.45, 7) is 1.18. The number of piperidine rings is 1. The van der Waals surface area contributed by atoms with E-state index in [0.29, 0.717) is 42.9 Å². The van der Waals surface area contributed by atoms with E-state index in [-0.39, 0.29) is 12.3 Å². The van der Waals surface area contributed by atoms with E-state index in [9.17, 15) is 23.1 Å². The standard InChI is InChI=1S/C28H24F3N3O3/c29-28(30,31)25-24(33-26(37-25)20-7-3-1-4-8-20)22(35)17-19-11-12-23(32-18-19)34-15-13-27(36,14-16-34)21-9-5-2-6-10-21/h1-12,18,36H,13-17H2. The fourth-order valence-electron chi connectivity index (χ4n) is 4.53. The Morgan fingerprint density at radius 2 is 1.62 bits per heavy atom. The summed E-state index contributed by atoms with van der Waals surface area (Å²) in [6.07, 6.45) is -2.60. The van der Waals surface area contributed by atoms with Crippen molar-refractivity contribution in [3.63, 3.8) is 0 Å². The molecule has 1 N–H and O–H groups in total. The molecule has 1 fully saturated rings. The number of aliphatic hydroxyl groups is 1. The van der Waals surface area contributed by atoms with Gasteiger partial charge in [-0.2, -0.15) is 13.2 Å². The zero-order valence-corrected chi connectivity index (χ0v) is 19.8. The summed E-state index contributed by atoms with van der Waals surface area (Å²) < 4.78 is 45.7. The van der Waals surface area contributed by atoms with Crippen LogP contribution in [0.5, 0.6) is 0 Å². The maximum absolute atomic E-state index is 13.6. The number of Topliss-reactive ketones (excluding diaryl/α,β-unsaturated/α-hetero) is 1. The van der Waals surface area contributed by atoms with Gasteiger partial charge in [0.25, 0.3) is 0 Å². The molecule has 0 atom stereocenters. The summed E-state index contributed by atoms with van der Waals surface area (Å²) in [5.74, 6) is -1.79. The number of aromatic nitrogens is 2. The van der Waals surface area contributed by atoms with Crippen LogP contribution in [-0.2, 0) is 18.2 Å². The van der Waals surface area contributed by atoms with Crippen molar-refractivity contribution in [2.24, 2.45) is 0 Å². The van der Waals surface area contributed by atoms with Crippen LogP contribution in [0.4, 0.5) is 19.0 Å². The van der Waals surface area contributed by atoms with Gasteiger partial charge in [0.05, 0.1) is 5.60 Å². The van der Waals surface area contributed by atoms with Gasteiger partial charge in [0.1, 0.15) is 5.82 Å². The number of halogens is 3. The molecule has 2 aromatic heterocycles. The SMILES string of the molecule is O=C(Cc1ccc(N2CCC(O)(c3ccccc3)CC2)nc1)c1nc(-c2ccccc2)oc1C(F)(F)F. The number of carbonyl (C=O) groups excluding carboxylic acids is 1. The molecular formula is C28H24F3N3O3. The second kappa shape index (κ2) is 9.82. The Morgan fingerprint density at radius 3 is 2.22 bits per heavy atom. The molecule has 1 saturated heterocycles. The third kappa shape index (κ3) is 5.27. The fourth-order valence-corrected chi connectivity index (χ4v) is 4.53. The minimum absolute atomic E-state index is 0.259. The number of rotatable bonds is 6. The minimum Gasteiger partial charge on any atom is -0.431 e. The van der Waals surface area contributed by atoms with Gasteiger partial charge in [-0.25, -0.2) is 9.97 Å². The molecule has 9 heteroatoms. The lowest BCUT2D eigenvalue weighted by Crippen LogP contribution is -2.42. The zero-order chi connectivity index (χ0) is 26.0. The molecule has 0 unspecified atom stereocenters. The first kappa shape index (κ1) is 24.7. The number of carbonyl (C=O) groups is 1. The number of alkyl halides is 3. The van der Waals surface area contributed by atoms with Crippen LogP contribution < -0.4 is 4.90 Å². The topological polar surface area (TPSA) is 79.5 Å². The number of anilines is 1. The Kier molecular flexibility index (Phi) is 6.55. The highest BCUT2D eigenvalue weighted by atomic mass is 19.4. The molecule has 1 aliphatic heterocycles. The smallest absolute Gasteiger partial charge is 0.431 e. The van der Waals surface area contributed by atoms with Gasteiger partial charge in [0, 0.05) is 31.3 Å². The molecule has 0 amide bonds. The third-order valence-corrected chi connectivity index (χ3v) is 6.57. The molecule has 0 aliphatic carbocycles. The molecule has 0 bridgehead atoms. The summed E-state index contributed by atoms with van der Waals surface area (Å²) in [6, 6.07) is 21.1. The average molecular weight is 508 g/mol. The molecule has 0 saturated carbocycles. The summed E-state index contributed by atoms with van der Waals surface area (Å²) in [5, 5.41) is 11.0. The Morgan fingerprint density at radius 1 is 0.973 bits per heavy atom. The highest BCUT2D eigenvalue weighted by Crippen LogP contribution is 2.36. The van der Waals surface area contributed by atoms with Crippen LogP contribution in [-0.4, -0.2) is 33.9 Å². The number of hydrogen-bond acceptors (Lipinski definition) is 6. The van der Waals surface area contributed by atoms with Crippen molar-refractivity contribution in [3.05, 3.63) is 102 Å². The number of nitrogens with zero attached hydrogens (tertiary/aromatic N) is 3. The van der Waals surface area contributed by atoms with E-state index in [1.165, 1.54) is 6.20 Å². The molecule has 1 aliphatic rings. The summed E-state index contributed by atoms with van der Waals surface area (Å²) in [5.41, 5.74) is 0.0589. The summed E-state index contributed by atoms with van der Waals surface area (Å²) in [4.78, 5) is 23.2.